The van der Waals surface area contributed by atoms with Gasteiger partial charge in [-0.1, -0.05) is 32.9 Å². The average Bonchev–Trinajstić information content (AvgIpc) is 3.37. The number of hydrogen-bond donors (Lipinski definition) is 6. The Hall–Kier alpha value is -7.56. The van der Waals surface area contributed by atoms with Crippen LogP contribution >= 0.6 is 11.3 Å². The third kappa shape index (κ3) is 13.6. The smallest absolute Gasteiger partial charge is 0.243 e. The predicted octanol–water partition coefficient (Wildman–Crippen LogP) is 7.65. The lowest BCUT2D eigenvalue weighted by Gasteiger charge is -2.39. The number of anilines is 4. The average molecular weight is 1150 g/mol. The van der Waals surface area contributed by atoms with Gasteiger partial charge in [0.15, 0.2) is 0 Å². The number of benzene rings is 4. The summed E-state index contributed by atoms with van der Waals surface area (Å²) in [4.78, 5) is 86.4. The van der Waals surface area contributed by atoms with Crippen LogP contribution in [0.25, 0.3) is 21.3 Å². The van der Waals surface area contributed by atoms with Crippen molar-refractivity contribution in [2.75, 3.05) is 93.9 Å². The molecule has 21 heteroatoms. The summed E-state index contributed by atoms with van der Waals surface area (Å²) >= 11 is 1.52. The molecular weight excluding hydrogens is 1080 g/mol. The number of amides is 5. The number of likely N-dealkylation sites (N-methyl/N-ethyl adjacent to an activating group) is 1. The molecule has 6 aromatic rings. The van der Waals surface area contributed by atoms with Gasteiger partial charge in [-0.2, -0.15) is 0 Å². The van der Waals surface area contributed by atoms with Gasteiger partial charge >= 0.3 is 0 Å². The van der Waals surface area contributed by atoms with Crippen molar-refractivity contribution < 1.29 is 42.9 Å². The molecule has 0 radical (unpaired) electrons. The van der Waals surface area contributed by atoms with Crippen LogP contribution in [-0.2, 0) is 30.5 Å². The lowest BCUT2D eigenvalue weighted by atomic mass is 9.86. The van der Waals surface area contributed by atoms with E-state index < -0.39 is 46.6 Å². The number of piperazine rings is 1. The lowest BCUT2D eigenvalue weighted by molar-refractivity contribution is -0.142. The summed E-state index contributed by atoms with van der Waals surface area (Å²) in [6.45, 7) is 14.1. The largest absolute Gasteiger partial charge is 0.495 e. The first kappa shape index (κ1) is 58.6. The number of carbonyl (C=O) groups is 5. The lowest BCUT2D eigenvalue weighted by Crippen LogP contribution is -2.55. The number of ether oxygens (including phenoxy) is 2. The number of halogens is 1. The maximum atomic E-state index is 13.9. The van der Waals surface area contributed by atoms with Crippen molar-refractivity contribution >= 4 is 74.5 Å². The van der Waals surface area contributed by atoms with Crippen LogP contribution in [0.5, 0.6) is 17.2 Å². The van der Waals surface area contributed by atoms with E-state index in [0.717, 1.165) is 97.1 Å². The Morgan fingerprint density at radius 2 is 1.51 bits per heavy atom. The number of aliphatic hydroxyl groups is 1. The molecule has 6 N–H and O–H groups in total. The van der Waals surface area contributed by atoms with E-state index >= 15 is 0 Å². The minimum absolute atomic E-state index is 0.0787. The van der Waals surface area contributed by atoms with Crippen molar-refractivity contribution in [3.05, 3.63) is 114 Å². The quantitative estimate of drug-likeness (QED) is 0.0429. The Bertz CT molecular complexity index is 3340. The minimum Gasteiger partial charge on any atom is -0.495 e. The third-order valence-electron chi connectivity index (χ3n) is 16.5. The van der Waals surface area contributed by atoms with Gasteiger partial charge in [0.1, 0.15) is 34.5 Å². The molecule has 83 heavy (non-hydrogen) atoms. The number of rotatable bonds is 19. The zero-order valence-electron chi connectivity index (χ0n) is 47.9. The van der Waals surface area contributed by atoms with Gasteiger partial charge in [0, 0.05) is 94.0 Å². The highest BCUT2D eigenvalue weighted by Gasteiger charge is 2.56. The van der Waals surface area contributed by atoms with Gasteiger partial charge in [-0.15, -0.1) is 11.3 Å². The minimum atomic E-state index is -1.18. The van der Waals surface area contributed by atoms with E-state index in [2.05, 4.69) is 52.3 Å². The third-order valence-corrected chi connectivity index (χ3v) is 17.5. The number of thiazole rings is 1. The van der Waals surface area contributed by atoms with E-state index in [-0.39, 0.29) is 43.8 Å². The maximum Gasteiger partial charge on any atom is 0.243 e. The Balaban J connectivity index is 0.697. The zero-order valence-corrected chi connectivity index (χ0v) is 48.7. The fourth-order valence-corrected chi connectivity index (χ4v) is 12.4. The van der Waals surface area contributed by atoms with E-state index in [9.17, 15) is 33.5 Å². The molecule has 3 saturated heterocycles. The van der Waals surface area contributed by atoms with Crippen LogP contribution in [0.2, 0.25) is 0 Å². The highest BCUT2D eigenvalue weighted by atomic mass is 32.1. The number of aliphatic hydroxyl groups excluding tert-OH is 1. The Morgan fingerprint density at radius 3 is 2.13 bits per heavy atom. The van der Waals surface area contributed by atoms with E-state index in [1.807, 2.05) is 52.0 Å². The molecule has 3 aliphatic heterocycles. The summed E-state index contributed by atoms with van der Waals surface area (Å²) in [7, 11) is 3.39. The second-order valence-corrected chi connectivity index (χ2v) is 24.2. The normalized spacial score (nSPS) is 18.8. The van der Waals surface area contributed by atoms with Gasteiger partial charge in [-0.3, -0.25) is 33.9 Å². The molecule has 5 heterocycles. The second kappa shape index (κ2) is 25.1. The zero-order chi connectivity index (χ0) is 58.6. The number of methoxy groups -OCH3 is 1. The van der Waals surface area contributed by atoms with E-state index in [0.29, 0.717) is 52.9 Å². The predicted molar refractivity (Wildman–Crippen MR) is 319 cm³/mol. The van der Waals surface area contributed by atoms with Crippen LogP contribution < -0.4 is 41.0 Å². The molecular formula is C62H74FN11O8S. The maximum absolute atomic E-state index is 13.9. The van der Waals surface area contributed by atoms with Crippen molar-refractivity contribution in [3.8, 4) is 27.7 Å². The Labute approximate surface area is 487 Å². The monoisotopic (exact) mass is 1150 g/mol. The summed E-state index contributed by atoms with van der Waals surface area (Å²) in [5, 5.41) is 26.3. The van der Waals surface area contributed by atoms with Crippen LogP contribution in [0.3, 0.4) is 0 Å². The van der Waals surface area contributed by atoms with Crippen LogP contribution in [0.1, 0.15) is 64.1 Å². The number of fused-ring (bicyclic) bond motifs is 1. The van der Waals surface area contributed by atoms with Crippen LogP contribution in [0.15, 0.2) is 96.6 Å². The summed E-state index contributed by atoms with van der Waals surface area (Å²) in [6, 6.07) is 22.7. The van der Waals surface area contributed by atoms with Gasteiger partial charge in [-0.05, 0) is 135 Å². The Morgan fingerprint density at radius 1 is 0.831 bits per heavy atom. The molecule has 2 aromatic heterocycles. The summed E-state index contributed by atoms with van der Waals surface area (Å²) in [5.74, 6) is 0.389. The number of hydrogen-bond acceptors (Lipinski definition) is 15. The Kier molecular flexibility index (Phi) is 17.7. The molecule has 0 spiro atoms. The SMILES string of the molecule is CN[C@H](C(=O)N1C[C@H](O)C[C@H]1C(=O)NCc1ccc(-c2scnc2C)cc1NC(=O)CN1CCN(CC2CCN(c3cc4nccc(Oc5ccc(NC(=O)C6(C(=O)Nc7ccc(F)cc7)CC6)cc5)c4cc3OC)CC2)CC1)C(C)(C)C. The number of β-amino-alcohol motifs (C(OH)–C–C–N with tert-alkyl or cyclic N) is 1. The van der Waals surface area contributed by atoms with E-state index in [4.69, 9.17) is 14.5 Å². The summed E-state index contributed by atoms with van der Waals surface area (Å²) < 4.78 is 25.7. The van der Waals surface area contributed by atoms with E-state index in [1.54, 1.807) is 56.2 Å². The van der Waals surface area contributed by atoms with Gasteiger partial charge in [0.2, 0.25) is 29.5 Å². The van der Waals surface area contributed by atoms with Crippen molar-refractivity contribution in [1.29, 1.82) is 0 Å². The number of pyridine rings is 1. The van der Waals surface area contributed by atoms with Crippen molar-refractivity contribution in [2.24, 2.45) is 16.7 Å². The first-order chi connectivity index (χ1) is 39.9. The first-order valence-electron chi connectivity index (χ1n) is 28.5. The second-order valence-electron chi connectivity index (χ2n) is 23.4. The molecule has 1 saturated carbocycles. The molecule has 10 rings (SSSR count). The molecule has 4 aliphatic rings. The molecule has 0 unspecified atom stereocenters. The number of piperidine rings is 1. The molecule has 5 amide bonds. The van der Waals surface area contributed by atoms with Crippen molar-refractivity contribution in [2.45, 2.75) is 84.5 Å². The van der Waals surface area contributed by atoms with E-state index in [1.165, 1.54) is 40.5 Å². The molecule has 0 bridgehead atoms. The van der Waals surface area contributed by atoms with Crippen LogP contribution in [0.4, 0.5) is 27.1 Å². The molecule has 19 nitrogen and oxygen atoms in total. The molecule has 3 atom stereocenters. The highest BCUT2D eigenvalue weighted by molar-refractivity contribution is 7.13. The van der Waals surface area contributed by atoms with Crippen molar-refractivity contribution in [3.63, 3.8) is 0 Å². The molecule has 1 aliphatic carbocycles. The standard InChI is InChI=1S/C62H74FN11O8S/c1-38-55(83-37-67-38)40-7-8-41(33-66-57(77)51-30-45(75)35-74(51)58(78)56(64-5)61(2,3)4)48(29-40)70-54(76)36-72-27-25-71(26-28-72)34-39-18-23-73(24-19-39)50-32-49-47(31-53(50)81-6)52(17-22-65-49)82-46-15-13-44(14-16-46)69-60(80)62(20-21-62)59(79)68-43-11-9-42(63)10-12-43/h7-17,22,29,31-32,37,39,45,51,56,64,75H,18-21,23-28,30,33-36H2,1-6H3,(H,66,77)(H,68,79)(H,69,80)(H,70,76)/t45-,51+,56-/m1/s1. The van der Waals surface area contributed by atoms with Gasteiger partial charge < -0.3 is 55.9 Å². The fraction of sp³-hybridized carbons (Fsp3) is 0.435. The number of aryl methyl sites for hydroxylation is 1. The molecule has 4 fully saturated rings. The fourth-order valence-electron chi connectivity index (χ4n) is 11.6. The topological polar surface area (TPSA) is 223 Å². The van der Waals surface area contributed by atoms with Gasteiger partial charge in [0.25, 0.3) is 0 Å². The van der Waals surface area contributed by atoms with Gasteiger partial charge in [-0.25, -0.2) is 9.37 Å². The number of carbonyl (C=O) groups excluding carboxylic acids is 5. The number of nitrogens with one attached hydrogen (secondary N) is 5. The summed E-state index contributed by atoms with van der Waals surface area (Å²) in [5.41, 5.74) is 5.98. The molecule has 4 aromatic carbocycles. The number of aromatic nitrogens is 2. The summed E-state index contributed by atoms with van der Waals surface area (Å²) in [6.07, 6.45) is 3.90. The number of likely N-dealkylation sites (tertiary alicyclic amines) is 1. The van der Waals surface area contributed by atoms with Gasteiger partial charge in [0.05, 0.1) is 53.1 Å². The van der Waals surface area contributed by atoms with Crippen molar-refractivity contribution in [1.82, 2.24) is 35.3 Å². The highest BCUT2D eigenvalue weighted by Crippen LogP contribution is 2.48. The number of nitrogens with zero attached hydrogens (tertiary/aromatic N) is 6. The van der Waals surface area contributed by atoms with Crippen LogP contribution in [-0.4, -0.2) is 151 Å². The van der Waals surface area contributed by atoms with Crippen LogP contribution in [0, 0.1) is 29.5 Å². The molecule has 438 valence electrons. The first-order valence-corrected chi connectivity index (χ1v) is 29.4.